The Balaban J connectivity index is 3.25. The Morgan fingerprint density at radius 3 is 2.73 bits per heavy atom. The highest BCUT2D eigenvalue weighted by Gasteiger charge is 2.03. The quantitative estimate of drug-likeness (QED) is 0.787. The summed E-state index contributed by atoms with van der Waals surface area (Å²) < 4.78 is 2.27. The summed E-state index contributed by atoms with van der Waals surface area (Å²) in [6.45, 7) is 2.11. The van der Waals surface area contributed by atoms with Gasteiger partial charge in [-0.1, -0.05) is 6.07 Å². The standard InChI is InChI=1S/C8H8BrIO/c1-5-6(4-11)2-3-7(10)8(5)9/h2-3,11H,4H2,1H3. The second-order valence-corrected chi connectivity index (χ2v) is 4.26. The highest BCUT2D eigenvalue weighted by molar-refractivity contribution is 14.1. The molecule has 1 aromatic rings. The molecule has 0 heterocycles. The molecule has 3 heteroatoms. The van der Waals surface area contributed by atoms with E-state index in [2.05, 4.69) is 38.5 Å². The fourth-order valence-electron chi connectivity index (χ4n) is 0.863. The van der Waals surface area contributed by atoms with Crippen LogP contribution in [0.1, 0.15) is 11.1 Å². The summed E-state index contributed by atoms with van der Waals surface area (Å²) in [6, 6.07) is 3.94. The highest BCUT2D eigenvalue weighted by atomic mass is 127. The number of rotatable bonds is 1. The fourth-order valence-corrected chi connectivity index (χ4v) is 1.83. The van der Waals surface area contributed by atoms with Crippen molar-refractivity contribution >= 4 is 38.5 Å². The Morgan fingerprint density at radius 1 is 1.55 bits per heavy atom. The van der Waals surface area contributed by atoms with Crippen molar-refractivity contribution in [2.45, 2.75) is 13.5 Å². The summed E-state index contributed by atoms with van der Waals surface area (Å²) in [5.74, 6) is 0. The van der Waals surface area contributed by atoms with Crippen LogP contribution in [-0.2, 0) is 6.61 Å². The third-order valence-electron chi connectivity index (χ3n) is 1.62. The molecule has 0 bridgehead atoms. The van der Waals surface area contributed by atoms with Crippen molar-refractivity contribution in [2.24, 2.45) is 0 Å². The van der Waals surface area contributed by atoms with Gasteiger partial charge in [-0.3, -0.25) is 0 Å². The lowest BCUT2D eigenvalue weighted by molar-refractivity contribution is 0.281. The molecule has 0 saturated heterocycles. The van der Waals surface area contributed by atoms with Crippen LogP contribution in [0.15, 0.2) is 16.6 Å². The zero-order chi connectivity index (χ0) is 8.43. The summed E-state index contributed by atoms with van der Waals surface area (Å²) >= 11 is 5.71. The number of aliphatic hydroxyl groups is 1. The first kappa shape index (κ1) is 9.48. The molecule has 1 rings (SSSR count). The molecule has 0 aliphatic carbocycles. The van der Waals surface area contributed by atoms with Gasteiger partial charge in [-0.15, -0.1) is 0 Å². The minimum Gasteiger partial charge on any atom is -0.392 e. The van der Waals surface area contributed by atoms with E-state index in [0.717, 1.165) is 15.6 Å². The van der Waals surface area contributed by atoms with Gasteiger partial charge >= 0.3 is 0 Å². The molecule has 0 fully saturated rings. The van der Waals surface area contributed by atoms with Crippen LogP contribution in [0.2, 0.25) is 0 Å². The van der Waals surface area contributed by atoms with Gasteiger partial charge in [0.25, 0.3) is 0 Å². The Hall–Kier alpha value is 0.390. The predicted molar refractivity (Wildman–Crippen MR) is 57.5 cm³/mol. The maximum Gasteiger partial charge on any atom is 0.0684 e. The molecule has 11 heavy (non-hydrogen) atoms. The zero-order valence-electron chi connectivity index (χ0n) is 6.06. The lowest BCUT2D eigenvalue weighted by Gasteiger charge is -2.05. The second-order valence-electron chi connectivity index (χ2n) is 2.30. The number of hydrogen-bond donors (Lipinski definition) is 1. The molecule has 0 aliphatic rings. The number of aliphatic hydroxyl groups excluding tert-OH is 1. The number of hydrogen-bond acceptors (Lipinski definition) is 1. The van der Waals surface area contributed by atoms with E-state index in [1.54, 1.807) is 0 Å². The first-order valence-corrected chi connectivity index (χ1v) is 5.08. The first-order chi connectivity index (χ1) is 5.16. The molecule has 0 aliphatic heterocycles. The molecule has 0 radical (unpaired) electrons. The molecule has 0 aromatic heterocycles. The van der Waals surface area contributed by atoms with Crippen LogP contribution in [-0.4, -0.2) is 5.11 Å². The van der Waals surface area contributed by atoms with E-state index in [-0.39, 0.29) is 6.61 Å². The fraction of sp³-hybridized carbons (Fsp3) is 0.250. The summed E-state index contributed by atoms with van der Waals surface area (Å²) in [5, 5.41) is 8.91. The van der Waals surface area contributed by atoms with Gasteiger partial charge in [0.05, 0.1) is 6.61 Å². The monoisotopic (exact) mass is 326 g/mol. The summed E-state index contributed by atoms with van der Waals surface area (Å²) in [6.07, 6.45) is 0. The van der Waals surface area contributed by atoms with Crippen molar-refractivity contribution < 1.29 is 5.11 Å². The van der Waals surface area contributed by atoms with Crippen molar-refractivity contribution in [3.05, 3.63) is 31.3 Å². The minimum atomic E-state index is 0.112. The lowest BCUT2D eigenvalue weighted by Crippen LogP contribution is -1.90. The van der Waals surface area contributed by atoms with Gasteiger partial charge < -0.3 is 5.11 Å². The van der Waals surface area contributed by atoms with Gasteiger partial charge in [-0.05, 0) is 62.6 Å². The van der Waals surface area contributed by atoms with Crippen molar-refractivity contribution in [3.63, 3.8) is 0 Å². The van der Waals surface area contributed by atoms with Gasteiger partial charge in [0.2, 0.25) is 0 Å². The summed E-state index contributed by atoms with van der Waals surface area (Å²) in [7, 11) is 0. The van der Waals surface area contributed by atoms with Crippen LogP contribution in [0.3, 0.4) is 0 Å². The van der Waals surface area contributed by atoms with E-state index < -0.39 is 0 Å². The maximum absolute atomic E-state index is 8.91. The lowest BCUT2D eigenvalue weighted by atomic mass is 10.1. The smallest absolute Gasteiger partial charge is 0.0684 e. The largest absolute Gasteiger partial charge is 0.392 e. The molecule has 0 saturated carbocycles. The van der Waals surface area contributed by atoms with Gasteiger partial charge in [0.1, 0.15) is 0 Å². The Kier molecular flexibility index (Phi) is 3.33. The van der Waals surface area contributed by atoms with Gasteiger partial charge in [-0.25, -0.2) is 0 Å². The molecule has 0 amide bonds. The Bertz CT molecular complexity index is 273. The average molecular weight is 327 g/mol. The van der Waals surface area contributed by atoms with E-state index in [9.17, 15) is 0 Å². The molecule has 1 aromatic carbocycles. The molecule has 60 valence electrons. The third-order valence-corrected chi connectivity index (χ3v) is 4.28. The zero-order valence-corrected chi connectivity index (χ0v) is 9.81. The molecule has 1 N–H and O–H groups in total. The van der Waals surface area contributed by atoms with Crippen molar-refractivity contribution in [3.8, 4) is 0 Å². The number of benzene rings is 1. The molecule has 0 unspecified atom stereocenters. The van der Waals surface area contributed by atoms with Gasteiger partial charge in [0, 0.05) is 8.04 Å². The van der Waals surface area contributed by atoms with Crippen molar-refractivity contribution in [1.82, 2.24) is 0 Å². The van der Waals surface area contributed by atoms with Gasteiger partial charge in [-0.2, -0.15) is 0 Å². The van der Waals surface area contributed by atoms with Crippen LogP contribution < -0.4 is 0 Å². The summed E-state index contributed by atoms with van der Waals surface area (Å²) in [4.78, 5) is 0. The van der Waals surface area contributed by atoms with Crippen LogP contribution >= 0.6 is 38.5 Å². The Labute approximate surface area is 88.1 Å². The van der Waals surface area contributed by atoms with Crippen LogP contribution in [0.4, 0.5) is 0 Å². The van der Waals surface area contributed by atoms with E-state index in [1.165, 1.54) is 3.57 Å². The number of halogens is 2. The second kappa shape index (κ2) is 3.87. The normalized spacial score (nSPS) is 10.2. The van der Waals surface area contributed by atoms with E-state index in [1.807, 2.05) is 19.1 Å². The first-order valence-electron chi connectivity index (χ1n) is 3.21. The minimum absolute atomic E-state index is 0.112. The SMILES string of the molecule is Cc1c(CO)ccc(I)c1Br. The molecular weight excluding hydrogens is 319 g/mol. The van der Waals surface area contributed by atoms with Crippen LogP contribution in [0.5, 0.6) is 0 Å². The Morgan fingerprint density at radius 2 is 2.18 bits per heavy atom. The van der Waals surface area contributed by atoms with Gasteiger partial charge in [0.15, 0.2) is 0 Å². The topological polar surface area (TPSA) is 20.2 Å². The molecule has 0 atom stereocenters. The average Bonchev–Trinajstić information content (AvgIpc) is 2.01. The van der Waals surface area contributed by atoms with E-state index >= 15 is 0 Å². The molecule has 0 spiro atoms. The van der Waals surface area contributed by atoms with Crippen molar-refractivity contribution in [2.75, 3.05) is 0 Å². The summed E-state index contributed by atoms with van der Waals surface area (Å²) in [5.41, 5.74) is 2.11. The molecular formula is C8H8BrIO. The van der Waals surface area contributed by atoms with E-state index in [4.69, 9.17) is 5.11 Å². The third kappa shape index (κ3) is 1.95. The van der Waals surface area contributed by atoms with E-state index in [0.29, 0.717) is 0 Å². The molecule has 1 nitrogen and oxygen atoms in total. The van der Waals surface area contributed by atoms with Crippen molar-refractivity contribution in [1.29, 1.82) is 0 Å². The highest BCUT2D eigenvalue weighted by Crippen LogP contribution is 2.25. The van der Waals surface area contributed by atoms with Crippen LogP contribution in [0.25, 0.3) is 0 Å². The maximum atomic E-state index is 8.91. The predicted octanol–water partition coefficient (Wildman–Crippen LogP) is 2.85. The van der Waals surface area contributed by atoms with Crippen LogP contribution in [0, 0.1) is 10.5 Å².